The maximum Gasteiger partial charge on any atom is 0.339 e. The van der Waals surface area contributed by atoms with Gasteiger partial charge < -0.3 is 14.6 Å². The van der Waals surface area contributed by atoms with E-state index in [2.05, 4.69) is 25.5 Å². The van der Waals surface area contributed by atoms with Gasteiger partial charge in [0, 0.05) is 23.7 Å². The summed E-state index contributed by atoms with van der Waals surface area (Å²) in [6.45, 7) is 8.06. The van der Waals surface area contributed by atoms with Crippen LogP contribution in [0.15, 0.2) is 41.3 Å². The van der Waals surface area contributed by atoms with Crippen LogP contribution >= 0.6 is 0 Å². The van der Waals surface area contributed by atoms with Crippen LogP contribution in [0.3, 0.4) is 0 Å². The summed E-state index contributed by atoms with van der Waals surface area (Å²) in [5.74, 6) is -0.430. The number of nitrogens with one attached hydrogen (secondary N) is 1. The van der Waals surface area contributed by atoms with Crippen molar-refractivity contribution >= 4 is 17.4 Å². The van der Waals surface area contributed by atoms with E-state index in [1.165, 1.54) is 13.4 Å². The number of hydrogen-bond acceptors (Lipinski definition) is 8. The van der Waals surface area contributed by atoms with E-state index in [-0.39, 0.29) is 11.2 Å². The van der Waals surface area contributed by atoms with E-state index < -0.39 is 11.9 Å². The lowest BCUT2D eigenvalue weighted by molar-refractivity contribution is 0.0600. The molecule has 0 aliphatic carbocycles. The van der Waals surface area contributed by atoms with Gasteiger partial charge in [0.1, 0.15) is 6.33 Å². The number of aryl methyl sites for hydroxylation is 1. The molecule has 1 N–H and O–H groups in total. The van der Waals surface area contributed by atoms with E-state index in [9.17, 15) is 9.59 Å². The Balaban J connectivity index is 1.53. The fourth-order valence-electron chi connectivity index (χ4n) is 3.30. The molecule has 1 aromatic carbocycles. The Morgan fingerprint density at radius 3 is 2.67 bits per heavy atom. The number of fused-ring (bicyclic) bond motifs is 1. The molecule has 0 aliphatic heterocycles. The highest BCUT2D eigenvalue weighted by atomic mass is 16.5. The molecule has 0 saturated heterocycles. The molecule has 0 fully saturated rings. The van der Waals surface area contributed by atoms with Gasteiger partial charge in [0.2, 0.25) is 5.89 Å². The van der Waals surface area contributed by atoms with Gasteiger partial charge >= 0.3 is 5.97 Å². The highest BCUT2D eigenvalue weighted by molar-refractivity contribution is 5.93. The summed E-state index contributed by atoms with van der Waals surface area (Å²) < 4.78 is 11.6. The molecular weight excluding hydrogens is 424 g/mol. The largest absolute Gasteiger partial charge is 0.465 e. The highest BCUT2D eigenvalue weighted by Crippen LogP contribution is 2.26. The lowest BCUT2D eigenvalue weighted by atomic mass is 9.97. The fourth-order valence-corrected chi connectivity index (χ4v) is 3.30. The van der Waals surface area contributed by atoms with Crippen LogP contribution in [0.2, 0.25) is 0 Å². The van der Waals surface area contributed by atoms with Crippen molar-refractivity contribution in [3.05, 3.63) is 65.2 Å². The second-order valence-corrected chi connectivity index (χ2v) is 8.66. The normalized spacial score (nSPS) is 11.5. The molecule has 0 aliphatic rings. The topological polar surface area (TPSA) is 125 Å². The number of hydrogen-bond donors (Lipinski definition) is 1. The molecule has 0 atom stereocenters. The minimum atomic E-state index is -0.440. The van der Waals surface area contributed by atoms with Crippen molar-refractivity contribution in [2.75, 3.05) is 7.11 Å². The van der Waals surface area contributed by atoms with Crippen LogP contribution in [0, 0.1) is 6.92 Å². The van der Waals surface area contributed by atoms with Gasteiger partial charge in [-0.05, 0) is 30.2 Å². The molecule has 3 aromatic heterocycles. The molecular formula is C23H24N6O4. The van der Waals surface area contributed by atoms with Gasteiger partial charge in [-0.2, -0.15) is 10.1 Å². The zero-order chi connectivity index (χ0) is 23.8. The standard InChI is InChI=1S/C23H24N6O4/c1-13-8-14(18-17-9-16(21(31)32-5)11-29(17)26-12-25-18)6-7-15(13)10-24-20(30)19-27-22(33-28-19)23(2,3)4/h6-9,11-12H,10H2,1-5H3,(H,24,30). The lowest BCUT2D eigenvalue weighted by Gasteiger charge is -2.10. The number of aromatic nitrogens is 5. The van der Waals surface area contributed by atoms with Gasteiger partial charge in [-0.1, -0.05) is 38.1 Å². The van der Waals surface area contributed by atoms with Crippen LogP contribution < -0.4 is 5.32 Å². The average Bonchev–Trinajstić information content (AvgIpc) is 3.44. The lowest BCUT2D eigenvalue weighted by Crippen LogP contribution is -2.24. The molecule has 4 rings (SSSR count). The highest BCUT2D eigenvalue weighted by Gasteiger charge is 2.24. The molecule has 3 heterocycles. The van der Waals surface area contributed by atoms with Crippen LogP contribution in [0.25, 0.3) is 16.8 Å². The minimum Gasteiger partial charge on any atom is -0.465 e. The summed E-state index contributed by atoms with van der Waals surface area (Å²) in [4.78, 5) is 32.9. The van der Waals surface area contributed by atoms with Gasteiger partial charge in [0.25, 0.3) is 11.7 Å². The number of carbonyl (C=O) groups excluding carboxylic acids is 2. The maximum absolute atomic E-state index is 12.4. The van der Waals surface area contributed by atoms with Crippen LogP contribution in [-0.4, -0.2) is 43.7 Å². The van der Waals surface area contributed by atoms with Crippen molar-refractivity contribution in [3.63, 3.8) is 0 Å². The maximum atomic E-state index is 12.4. The molecule has 1 amide bonds. The van der Waals surface area contributed by atoms with Gasteiger partial charge in [0.05, 0.1) is 23.9 Å². The third-order valence-corrected chi connectivity index (χ3v) is 5.15. The summed E-state index contributed by atoms with van der Waals surface area (Å²) in [6, 6.07) is 7.50. The summed E-state index contributed by atoms with van der Waals surface area (Å²) in [6.07, 6.45) is 3.04. The van der Waals surface area contributed by atoms with Crippen molar-refractivity contribution in [2.45, 2.75) is 39.7 Å². The molecule has 0 bridgehead atoms. The zero-order valence-corrected chi connectivity index (χ0v) is 19.0. The SMILES string of the molecule is COC(=O)c1cc2c(-c3ccc(CNC(=O)c4noc(C(C)(C)C)n4)c(C)c3)ncnn2c1. The molecule has 10 nitrogen and oxygen atoms in total. The minimum absolute atomic E-state index is 0.00668. The third-order valence-electron chi connectivity index (χ3n) is 5.15. The van der Waals surface area contributed by atoms with Crippen LogP contribution in [0.4, 0.5) is 0 Å². The fraction of sp³-hybridized carbons (Fsp3) is 0.304. The number of esters is 1. The summed E-state index contributed by atoms with van der Waals surface area (Å²) >= 11 is 0. The van der Waals surface area contributed by atoms with E-state index in [1.54, 1.807) is 16.8 Å². The van der Waals surface area contributed by atoms with E-state index >= 15 is 0 Å². The molecule has 0 saturated carbocycles. The van der Waals surface area contributed by atoms with Gasteiger partial charge in [0.15, 0.2) is 0 Å². The summed E-state index contributed by atoms with van der Waals surface area (Å²) in [5, 5.41) is 10.8. The second kappa shape index (κ2) is 8.45. The van der Waals surface area contributed by atoms with Gasteiger partial charge in [-0.3, -0.25) is 4.79 Å². The average molecular weight is 448 g/mol. The molecule has 10 heteroatoms. The predicted octanol–water partition coefficient (Wildman–Crippen LogP) is 3.10. The Morgan fingerprint density at radius 1 is 1.21 bits per heavy atom. The first-order chi connectivity index (χ1) is 15.7. The van der Waals surface area contributed by atoms with Gasteiger partial charge in [-0.25, -0.2) is 14.3 Å². The molecule has 33 heavy (non-hydrogen) atoms. The molecule has 4 aromatic rings. The summed E-state index contributed by atoms with van der Waals surface area (Å²) in [5.41, 5.74) is 4.19. The molecule has 0 spiro atoms. The first-order valence-corrected chi connectivity index (χ1v) is 10.3. The van der Waals surface area contributed by atoms with Crippen molar-refractivity contribution in [3.8, 4) is 11.3 Å². The Labute approximate surface area is 190 Å². The molecule has 0 radical (unpaired) electrons. The zero-order valence-electron chi connectivity index (χ0n) is 19.0. The quantitative estimate of drug-likeness (QED) is 0.462. The smallest absolute Gasteiger partial charge is 0.339 e. The number of carbonyl (C=O) groups is 2. The number of nitrogens with zero attached hydrogens (tertiary/aromatic N) is 5. The van der Waals surface area contributed by atoms with Gasteiger partial charge in [-0.15, -0.1) is 0 Å². The first-order valence-electron chi connectivity index (χ1n) is 10.3. The van der Waals surface area contributed by atoms with Crippen molar-refractivity contribution in [2.24, 2.45) is 0 Å². The van der Waals surface area contributed by atoms with Crippen molar-refractivity contribution in [1.82, 2.24) is 30.1 Å². The monoisotopic (exact) mass is 448 g/mol. The summed E-state index contributed by atoms with van der Waals surface area (Å²) in [7, 11) is 1.33. The van der Waals surface area contributed by atoms with E-state index in [0.29, 0.717) is 29.2 Å². The van der Waals surface area contributed by atoms with Crippen LogP contribution in [0.5, 0.6) is 0 Å². The Morgan fingerprint density at radius 2 is 2.00 bits per heavy atom. The third kappa shape index (κ3) is 4.45. The van der Waals surface area contributed by atoms with Crippen molar-refractivity contribution in [1.29, 1.82) is 0 Å². The number of rotatable bonds is 5. The molecule has 170 valence electrons. The molecule has 0 unspecified atom stereocenters. The van der Waals surface area contributed by atoms with Crippen molar-refractivity contribution < 1.29 is 18.8 Å². The predicted molar refractivity (Wildman–Crippen MR) is 119 cm³/mol. The van der Waals surface area contributed by atoms with E-state index in [0.717, 1.165) is 16.7 Å². The number of amides is 1. The first kappa shape index (κ1) is 22.1. The number of methoxy groups -OCH3 is 1. The Bertz CT molecular complexity index is 1350. The van der Waals surface area contributed by atoms with Crippen LogP contribution in [-0.2, 0) is 16.7 Å². The Kier molecular flexibility index (Phi) is 5.67. The number of benzene rings is 1. The second-order valence-electron chi connectivity index (χ2n) is 8.66. The van der Waals surface area contributed by atoms with Crippen LogP contribution in [0.1, 0.15) is 58.8 Å². The number of ether oxygens (including phenoxy) is 1. The Hall–Kier alpha value is -4.08. The van der Waals surface area contributed by atoms with E-state index in [1.807, 2.05) is 45.9 Å². The van der Waals surface area contributed by atoms with E-state index in [4.69, 9.17) is 9.26 Å².